The zero-order chi connectivity index (χ0) is 19.3. The maximum absolute atomic E-state index is 13.0. The molecule has 1 saturated heterocycles. The first-order valence-electron chi connectivity index (χ1n) is 9.39. The van der Waals surface area contributed by atoms with Crippen LogP contribution in [0.15, 0.2) is 41.8 Å². The van der Waals surface area contributed by atoms with E-state index in [-0.39, 0.29) is 18.3 Å². The SMILES string of the molecule is Cc1ccc2nc(N(CCN3CCOCC3)C(=O)C=Cc3cccs3)sc2c1.Cl. The average molecular weight is 450 g/mol. The van der Waals surface area contributed by atoms with E-state index in [1.807, 2.05) is 29.7 Å². The molecule has 29 heavy (non-hydrogen) atoms. The number of rotatable bonds is 6. The summed E-state index contributed by atoms with van der Waals surface area (Å²) in [5, 5.41) is 2.77. The van der Waals surface area contributed by atoms with Gasteiger partial charge in [-0.3, -0.25) is 14.6 Å². The van der Waals surface area contributed by atoms with Gasteiger partial charge in [-0.1, -0.05) is 23.5 Å². The van der Waals surface area contributed by atoms with Crippen LogP contribution in [0.2, 0.25) is 0 Å². The van der Waals surface area contributed by atoms with Crippen LogP contribution in [-0.2, 0) is 9.53 Å². The lowest BCUT2D eigenvalue weighted by Gasteiger charge is -2.28. The van der Waals surface area contributed by atoms with E-state index in [0.717, 1.165) is 53.1 Å². The van der Waals surface area contributed by atoms with Gasteiger partial charge in [-0.2, -0.15) is 0 Å². The Morgan fingerprint density at radius 1 is 1.31 bits per heavy atom. The van der Waals surface area contributed by atoms with E-state index < -0.39 is 0 Å². The van der Waals surface area contributed by atoms with Gasteiger partial charge in [0.25, 0.3) is 5.91 Å². The summed E-state index contributed by atoms with van der Waals surface area (Å²) >= 11 is 3.20. The molecule has 0 spiro atoms. The molecule has 5 nitrogen and oxygen atoms in total. The highest BCUT2D eigenvalue weighted by molar-refractivity contribution is 7.22. The Kier molecular flexibility index (Phi) is 7.80. The summed E-state index contributed by atoms with van der Waals surface area (Å²) in [7, 11) is 0. The van der Waals surface area contributed by atoms with Crippen molar-refractivity contribution in [1.82, 2.24) is 9.88 Å². The number of carbonyl (C=O) groups excluding carboxylic acids is 1. The molecule has 3 aromatic rings. The molecule has 0 radical (unpaired) electrons. The van der Waals surface area contributed by atoms with Crippen LogP contribution < -0.4 is 4.90 Å². The van der Waals surface area contributed by atoms with Gasteiger partial charge in [0.15, 0.2) is 5.13 Å². The molecule has 1 amide bonds. The van der Waals surface area contributed by atoms with Gasteiger partial charge < -0.3 is 4.74 Å². The fraction of sp³-hybridized carbons (Fsp3) is 0.333. The van der Waals surface area contributed by atoms with Crippen molar-refractivity contribution in [2.75, 3.05) is 44.3 Å². The van der Waals surface area contributed by atoms with Gasteiger partial charge in [0.1, 0.15) is 0 Å². The van der Waals surface area contributed by atoms with Crippen LogP contribution in [0.1, 0.15) is 10.4 Å². The minimum absolute atomic E-state index is 0. The maximum Gasteiger partial charge on any atom is 0.252 e. The lowest BCUT2D eigenvalue weighted by molar-refractivity contribution is -0.114. The summed E-state index contributed by atoms with van der Waals surface area (Å²) in [6, 6.07) is 10.2. The van der Waals surface area contributed by atoms with Gasteiger partial charge in [0.2, 0.25) is 0 Å². The molecule has 1 aliphatic rings. The number of halogens is 1. The first-order chi connectivity index (χ1) is 13.7. The molecule has 0 N–H and O–H groups in total. The standard InChI is InChI=1S/C21H23N3O2S2.ClH/c1-16-4-6-18-19(15-16)28-21(22-18)24(9-8-23-10-12-26-13-11-23)20(25)7-5-17-3-2-14-27-17;/h2-7,14-15H,8-13H2,1H3;1H. The first kappa shape index (κ1) is 21.9. The van der Waals surface area contributed by atoms with Gasteiger partial charge in [-0.15, -0.1) is 23.7 Å². The molecule has 0 aliphatic carbocycles. The van der Waals surface area contributed by atoms with Crippen molar-refractivity contribution in [3.63, 3.8) is 0 Å². The minimum atomic E-state index is -0.0302. The second-order valence-corrected chi connectivity index (χ2v) is 8.75. The number of nitrogens with zero attached hydrogens (tertiary/aromatic N) is 3. The number of aryl methyl sites for hydroxylation is 1. The maximum atomic E-state index is 13.0. The summed E-state index contributed by atoms with van der Waals surface area (Å²) in [5.41, 5.74) is 2.14. The van der Waals surface area contributed by atoms with E-state index in [2.05, 4.69) is 24.0 Å². The van der Waals surface area contributed by atoms with Crippen molar-refractivity contribution in [2.45, 2.75) is 6.92 Å². The van der Waals surface area contributed by atoms with Crippen molar-refractivity contribution in [3.8, 4) is 0 Å². The fourth-order valence-corrected chi connectivity index (χ4v) is 4.84. The second-order valence-electron chi connectivity index (χ2n) is 6.76. The number of thiophene rings is 1. The number of thiazole rings is 1. The van der Waals surface area contributed by atoms with E-state index in [1.54, 1.807) is 33.6 Å². The summed E-state index contributed by atoms with van der Waals surface area (Å²) in [6.45, 7) is 6.84. The number of benzene rings is 1. The number of fused-ring (bicyclic) bond motifs is 1. The van der Waals surface area contributed by atoms with Crippen molar-refractivity contribution >= 4 is 62.4 Å². The smallest absolute Gasteiger partial charge is 0.252 e. The van der Waals surface area contributed by atoms with Crippen molar-refractivity contribution in [2.24, 2.45) is 0 Å². The van der Waals surface area contributed by atoms with E-state index in [1.165, 1.54) is 5.56 Å². The Bertz CT molecular complexity index is 966. The molecular formula is C21H24ClN3O2S2. The molecule has 1 aliphatic heterocycles. The van der Waals surface area contributed by atoms with Gasteiger partial charge in [-0.25, -0.2) is 4.98 Å². The van der Waals surface area contributed by atoms with Crippen LogP contribution in [-0.4, -0.2) is 55.2 Å². The lowest BCUT2D eigenvalue weighted by atomic mass is 10.2. The Morgan fingerprint density at radius 2 is 2.14 bits per heavy atom. The quantitative estimate of drug-likeness (QED) is 0.521. The summed E-state index contributed by atoms with van der Waals surface area (Å²) in [6.07, 6.45) is 3.54. The van der Waals surface area contributed by atoms with Gasteiger partial charge in [-0.05, 0) is 42.1 Å². The molecule has 0 atom stereocenters. The van der Waals surface area contributed by atoms with Crippen molar-refractivity contribution in [3.05, 3.63) is 52.2 Å². The monoisotopic (exact) mass is 449 g/mol. The van der Waals surface area contributed by atoms with Crippen LogP contribution in [0.5, 0.6) is 0 Å². The van der Waals surface area contributed by atoms with Crippen LogP contribution >= 0.6 is 35.1 Å². The zero-order valence-electron chi connectivity index (χ0n) is 16.2. The highest BCUT2D eigenvalue weighted by atomic mass is 35.5. The Labute approximate surface area is 185 Å². The predicted molar refractivity (Wildman–Crippen MR) is 125 cm³/mol. The normalized spacial score (nSPS) is 14.9. The van der Waals surface area contributed by atoms with E-state index in [4.69, 9.17) is 9.72 Å². The Balaban J connectivity index is 0.00000240. The second kappa shape index (κ2) is 10.3. The highest BCUT2D eigenvalue weighted by Crippen LogP contribution is 2.30. The number of amides is 1. The molecule has 2 aromatic heterocycles. The number of morpholine rings is 1. The largest absolute Gasteiger partial charge is 0.379 e. The van der Waals surface area contributed by atoms with E-state index in [9.17, 15) is 4.79 Å². The fourth-order valence-electron chi connectivity index (χ4n) is 3.13. The summed E-state index contributed by atoms with van der Waals surface area (Å²) < 4.78 is 6.54. The molecule has 4 rings (SSSR count). The number of ether oxygens (including phenoxy) is 1. The first-order valence-corrected chi connectivity index (χ1v) is 11.1. The minimum Gasteiger partial charge on any atom is -0.379 e. The van der Waals surface area contributed by atoms with Gasteiger partial charge in [0, 0.05) is 37.1 Å². The van der Waals surface area contributed by atoms with Crippen LogP contribution in [0.3, 0.4) is 0 Å². The third-order valence-electron chi connectivity index (χ3n) is 4.71. The number of aromatic nitrogens is 1. The van der Waals surface area contributed by atoms with E-state index in [0.29, 0.717) is 6.54 Å². The zero-order valence-corrected chi connectivity index (χ0v) is 18.7. The summed E-state index contributed by atoms with van der Waals surface area (Å²) in [5.74, 6) is -0.0302. The highest BCUT2D eigenvalue weighted by Gasteiger charge is 2.20. The van der Waals surface area contributed by atoms with Gasteiger partial charge in [0.05, 0.1) is 23.4 Å². The third-order valence-corrected chi connectivity index (χ3v) is 6.59. The molecule has 8 heteroatoms. The predicted octanol–water partition coefficient (Wildman–Crippen LogP) is 4.47. The molecular weight excluding hydrogens is 426 g/mol. The number of carbonyl (C=O) groups is 1. The van der Waals surface area contributed by atoms with Crippen LogP contribution in [0.4, 0.5) is 5.13 Å². The topological polar surface area (TPSA) is 45.7 Å². The molecule has 0 bridgehead atoms. The number of hydrogen-bond acceptors (Lipinski definition) is 6. The molecule has 3 heterocycles. The lowest BCUT2D eigenvalue weighted by Crippen LogP contribution is -2.42. The molecule has 1 fully saturated rings. The number of anilines is 1. The third kappa shape index (κ3) is 5.65. The Hall–Kier alpha value is -1.77. The van der Waals surface area contributed by atoms with E-state index >= 15 is 0 Å². The number of hydrogen-bond donors (Lipinski definition) is 0. The van der Waals surface area contributed by atoms with Crippen LogP contribution in [0, 0.1) is 6.92 Å². The molecule has 0 saturated carbocycles. The van der Waals surface area contributed by atoms with Crippen molar-refractivity contribution < 1.29 is 9.53 Å². The molecule has 1 aromatic carbocycles. The Morgan fingerprint density at radius 3 is 2.90 bits per heavy atom. The van der Waals surface area contributed by atoms with Crippen molar-refractivity contribution in [1.29, 1.82) is 0 Å². The molecule has 154 valence electrons. The summed E-state index contributed by atoms with van der Waals surface area (Å²) in [4.78, 5) is 23.0. The van der Waals surface area contributed by atoms with Crippen LogP contribution in [0.25, 0.3) is 16.3 Å². The van der Waals surface area contributed by atoms with Gasteiger partial charge >= 0.3 is 0 Å². The average Bonchev–Trinajstić information content (AvgIpc) is 3.36. The molecule has 0 unspecified atom stereocenters.